The van der Waals surface area contributed by atoms with Gasteiger partial charge < -0.3 is 0 Å². The third kappa shape index (κ3) is 7.29. The van der Waals surface area contributed by atoms with E-state index >= 15 is 0 Å². The lowest BCUT2D eigenvalue weighted by molar-refractivity contribution is -0.108. The van der Waals surface area contributed by atoms with E-state index in [4.69, 9.17) is 11.6 Å². The Morgan fingerprint density at radius 3 is 2.17 bits per heavy atom. The highest BCUT2D eigenvalue weighted by molar-refractivity contribution is 6.68. The highest BCUT2D eigenvalue weighted by Gasteiger charge is 1.97. The lowest BCUT2D eigenvalue weighted by atomic mass is 10.2. The Balaban J connectivity index is 0. The molecule has 68 valence electrons. The molecule has 0 aliphatic rings. The van der Waals surface area contributed by atoms with Gasteiger partial charge in [-0.05, 0) is 18.5 Å². The zero-order valence-electron chi connectivity index (χ0n) is 7.80. The summed E-state index contributed by atoms with van der Waals surface area (Å²) in [6.07, 6.45) is 6.51. The average Bonchev–Trinajstić information content (AvgIpc) is 2.09. The fourth-order valence-corrected chi connectivity index (χ4v) is 0.619. The van der Waals surface area contributed by atoms with Gasteiger partial charge in [0.25, 0.3) is 5.24 Å². The highest BCUT2D eigenvalue weighted by atomic mass is 35.5. The monoisotopic (exact) mass is 186 g/mol. The topological polar surface area (TPSA) is 17.1 Å². The van der Waals surface area contributed by atoms with Crippen LogP contribution in [0.4, 0.5) is 0 Å². The molecule has 1 nitrogen and oxygen atoms in total. The lowest BCUT2D eigenvalue weighted by Gasteiger charge is -1.87. The molecule has 0 N–H and O–H groups in total. The maximum Gasteiger partial charge on any atom is 0.252 e. The van der Waals surface area contributed by atoms with E-state index in [2.05, 4.69) is 6.58 Å². The van der Waals surface area contributed by atoms with Gasteiger partial charge in [-0.15, -0.1) is 0 Å². The van der Waals surface area contributed by atoms with Crippen LogP contribution < -0.4 is 0 Å². The van der Waals surface area contributed by atoms with Gasteiger partial charge in [-0.1, -0.05) is 44.7 Å². The molecule has 0 amide bonds. The van der Waals surface area contributed by atoms with E-state index in [9.17, 15) is 4.79 Å². The lowest BCUT2D eigenvalue weighted by Crippen LogP contribution is -1.87. The summed E-state index contributed by atoms with van der Waals surface area (Å²) < 4.78 is 0. The molecule has 0 aliphatic heterocycles. The average molecular weight is 187 g/mol. The van der Waals surface area contributed by atoms with Crippen molar-refractivity contribution in [1.82, 2.24) is 0 Å². The van der Waals surface area contributed by atoms with Crippen molar-refractivity contribution in [3.63, 3.8) is 0 Å². The molecule has 0 heterocycles. The SMILES string of the molecule is C=C/C=C\C(=C/C)C(=O)Cl.CC. The molecule has 0 spiro atoms. The Labute approximate surface area is 79.4 Å². The first-order valence-electron chi connectivity index (χ1n) is 3.87. The number of allylic oxidation sites excluding steroid dienone is 5. The Kier molecular flexibility index (Phi) is 11.7. The van der Waals surface area contributed by atoms with Gasteiger partial charge in [-0.2, -0.15) is 0 Å². The molecule has 0 atom stereocenters. The Morgan fingerprint density at radius 1 is 1.42 bits per heavy atom. The van der Waals surface area contributed by atoms with Crippen LogP contribution in [-0.2, 0) is 4.79 Å². The maximum absolute atomic E-state index is 10.5. The molecule has 0 unspecified atom stereocenters. The van der Waals surface area contributed by atoms with Crippen molar-refractivity contribution in [3.05, 3.63) is 36.5 Å². The van der Waals surface area contributed by atoms with Gasteiger partial charge in [0.05, 0.1) is 0 Å². The van der Waals surface area contributed by atoms with Gasteiger partial charge in [0, 0.05) is 5.57 Å². The predicted octanol–water partition coefficient (Wildman–Crippen LogP) is 3.47. The molecule has 12 heavy (non-hydrogen) atoms. The largest absolute Gasteiger partial charge is 0.276 e. The standard InChI is InChI=1S/C8H9ClO.C2H6/c1-3-5-6-7(4-2)8(9)10;1-2/h3-6H,1H2,2H3;1-2H3/b6-5-,7-4+;. The van der Waals surface area contributed by atoms with Crippen molar-refractivity contribution in [3.8, 4) is 0 Å². The van der Waals surface area contributed by atoms with E-state index < -0.39 is 5.24 Å². The Morgan fingerprint density at radius 2 is 1.92 bits per heavy atom. The van der Waals surface area contributed by atoms with Crippen molar-refractivity contribution in [1.29, 1.82) is 0 Å². The first-order valence-corrected chi connectivity index (χ1v) is 4.25. The number of carbonyl (C=O) groups excluding carboxylic acids is 1. The molecule has 0 saturated heterocycles. The quantitative estimate of drug-likeness (QED) is 0.375. The molecule has 2 heteroatoms. The molecule has 0 aliphatic carbocycles. The zero-order valence-corrected chi connectivity index (χ0v) is 8.56. The third-order valence-electron chi connectivity index (χ3n) is 0.950. The predicted molar refractivity (Wildman–Crippen MR) is 55.3 cm³/mol. The molecule has 0 fully saturated rings. The molecular weight excluding hydrogens is 172 g/mol. The summed E-state index contributed by atoms with van der Waals surface area (Å²) in [5.74, 6) is 0. The van der Waals surface area contributed by atoms with E-state index in [-0.39, 0.29) is 0 Å². The number of halogens is 1. The summed E-state index contributed by atoms with van der Waals surface area (Å²) in [7, 11) is 0. The van der Waals surface area contributed by atoms with Crippen molar-refractivity contribution < 1.29 is 4.79 Å². The van der Waals surface area contributed by atoms with Crippen LogP contribution in [0, 0.1) is 0 Å². The molecule has 0 rings (SSSR count). The summed E-state index contributed by atoms with van der Waals surface area (Å²) in [4.78, 5) is 10.5. The number of rotatable bonds is 3. The number of hydrogen-bond donors (Lipinski definition) is 0. The van der Waals surface area contributed by atoms with Crippen LogP contribution in [0.1, 0.15) is 20.8 Å². The normalized spacial score (nSPS) is 10.5. The number of hydrogen-bond acceptors (Lipinski definition) is 1. The minimum absolute atomic E-state index is 0.444. The van der Waals surface area contributed by atoms with Crippen LogP contribution in [0.2, 0.25) is 0 Å². The molecule has 0 aromatic heterocycles. The molecule has 0 saturated carbocycles. The molecule has 0 bridgehead atoms. The van der Waals surface area contributed by atoms with Crippen molar-refractivity contribution in [2.75, 3.05) is 0 Å². The summed E-state index contributed by atoms with van der Waals surface area (Å²) in [6, 6.07) is 0. The smallest absolute Gasteiger partial charge is 0.252 e. The summed E-state index contributed by atoms with van der Waals surface area (Å²) >= 11 is 5.19. The Bertz CT molecular complexity index is 190. The van der Waals surface area contributed by atoms with E-state index in [1.54, 1.807) is 31.2 Å². The minimum Gasteiger partial charge on any atom is -0.276 e. The summed E-state index contributed by atoms with van der Waals surface area (Å²) in [6.45, 7) is 9.21. The van der Waals surface area contributed by atoms with E-state index in [1.165, 1.54) is 0 Å². The second-order valence-electron chi connectivity index (χ2n) is 1.61. The van der Waals surface area contributed by atoms with E-state index in [0.29, 0.717) is 5.57 Å². The summed E-state index contributed by atoms with van der Waals surface area (Å²) in [5, 5.41) is -0.444. The highest BCUT2D eigenvalue weighted by Crippen LogP contribution is 2.01. The van der Waals surface area contributed by atoms with Crippen molar-refractivity contribution >= 4 is 16.8 Å². The van der Waals surface area contributed by atoms with Crippen LogP contribution >= 0.6 is 11.6 Å². The van der Waals surface area contributed by atoms with Crippen LogP contribution in [0.15, 0.2) is 36.5 Å². The molecule has 0 aromatic carbocycles. The van der Waals surface area contributed by atoms with Gasteiger partial charge in [0.2, 0.25) is 0 Å². The van der Waals surface area contributed by atoms with E-state index in [1.807, 2.05) is 13.8 Å². The minimum atomic E-state index is -0.444. The van der Waals surface area contributed by atoms with Crippen molar-refractivity contribution in [2.45, 2.75) is 20.8 Å². The van der Waals surface area contributed by atoms with Crippen LogP contribution in [0.3, 0.4) is 0 Å². The third-order valence-corrected chi connectivity index (χ3v) is 1.17. The molecular formula is C10H15ClO. The van der Waals surface area contributed by atoms with Gasteiger partial charge in [-0.3, -0.25) is 4.79 Å². The van der Waals surface area contributed by atoms with Crippen LogP contribution in [-0.4, -0.2) is 5.24 Å². The second-order valence-corrected chi connectivity index (χ2v) is 1.96. The van der Waals surface area contributed by atoms with Crippen LogP contribution in [0.5, 0.6) is 0 Å². The summed E-state index contributed by atoms with van der Waals surface area (Å²) in [5.41, 5.74) is 0.488. The first kappa shape index (κ1) is 13.7. The van der Waals surface area contributed by atoms with Crippen LogP contribution in [0.25, 0.3) is 0 Å². The molecule has 0 radical (unpaired) electrons. The second kappa shape index (κ2) is 10.2. The zero-order chi connectivity index (χ0) is 9.98. The van der Waals surface area contributed by atoms with Gasteiger partial charge in [0.15, 0.2) is 0 Å². The van der Waals surface area contributed by atoms with Crippen molar-refractivity contribution in [2.24, 2.45) is 0 Å². The van der Waals surface area contributed by atoms with Gasteiger partial charge in [0.1, 0.15) is 0 Å². The maximum atomic E-state index is 10.5. The number of carbonyl (C=O) groups is 1. The molecule has 0 aromatic rings. The first-order chi connectivity index (χ1) is 5.72. The van der Waals surface area contributed by atoms with Gasteiger partial charge >= 0.3 is 0 Å². The fraction of sp³-hybridized carbons (Fsp3) is 0.300. The fourth-order valence-electron chi connectivity index (χ4n) is 0.447. The Hall–Kier alpha value is -0.820. The van der Waals surface area contributed by atoms with E-state index in [0.717, 1.165) is 0 Å². The van der Waals surface area contributed by atoms with Gasteiger partial charge in [-0.25, -0.2) is 0 Å².